The molecule has 90 valence electrons. The van der Waals surface area contributed by atoms with E-state index in [1.165, 1.54) is 12.3 Å². The van der Waals surface area contributed by atoms with Crippen molar-refractivity contribution in [1.82, 2.24) is 9.88 Å². The van der Waals surface area contributed by atoms with Crippen LogP contribution >= 0.6 is 0 Å². The third kappa shape index (κ3) is 2.20. The Morgan fingerprint density at radius 1 is 1.65 bits per heavy atom. The van der Waals surface area contributed by atoms with E-state index in [0.717, 1.165) is 0 Å². The van der Waals surface area contributed by atoms with Crippen LogP contribution < -0.4 is 4.74 Å². The zero-order chi connectivity index (χ0) is 12.4. The number of carboxylic acid groups (broad SMARTS) is 1. The molecule has 0 bridgehead atoms. The van der Waals surface area contributed by atoms with Crippen molar-refractivity contribution in [2.24, 2.45) is 0 Å². The van der Waals surface area contributed by atoms with Crippen LogP contribution in [0.5, 0.6) is 5.75 Å². The lowest BCUT2D eigenvalue weighted by Gasteiger charge is -2.13. The fraction of sp³-hybridized carbons (Fsp3) is 0.364. The van der Waals surface area contributed by atoms with Crippen LogP contribution in [0.4, 0.5) is 0 Å². The number of carbonyl (C=O) groups excluding carboxylic acids is 1. The van der Waals surface area contributed by atoms with E-state index in [2.05, 4.69) is 4.98 Å². The molecular formula is C11H12N2O4. The van der Waals surface area contributed by atoms with Gasteiger partial charge in [-0.25, -0.2) is 9.78 Å². The Morgan fingerprint density at radius 3 is 3.00 bits per heavy atom. The smallest absolute Gasteiger partial charge is 0.358 e. The Hall–Kier alpha value is -2.11. The maximum atomic E-state index is 11.6. The van der Waals surface area contributed by atoms with Crippen LogP contribution in [0.1, 0.15) is 16.9 Å². The van der Waals surface area contributed by atoms with Crippen LogP contribution in [0.25, 0.3) is 0 Å². The van der Waals surface area contributed by atoms with Gasteiger partial charge in [0.05, 0.1) is 0 Å². The predicted octanol–water partition coefficient (Wildman–Crippen LogP) is 0.389. The van der Waals surface area contributed by atoms with Gasteiger partial charge in [0.2, 0.25) is 0 Å². The number of ether oxygens (including phenoxy) is 1. The summed E-state index contributed by atoms with van der Waals surface area (Å²) >= 11 is 0. The Kier molecular flexibility index (Phi) is 2.95. The molecule has 0 aliphatic carbocycles. The lowest BCUT2D eigenvalue weighted by molar-refractivity contribution is -0.132. The third-order valence-electron chi connectivity index (χ3n) is 2.62. The van der Waals surface area contributed by atoms with E-state index in [1.807, 2.05) is 0 Å². The molecule has 1 aromatic rings. The Bertz CT molecular complexity index is 461. The van der Waals surface area contributed by atoms with Gasteiger partial charge in [0.15, 0.2) is 17.5 Å². The molecule has 0 saturated carbocycles. The van der Waals surface area contributed by atoms with Crippen molar-refractivity contribution in [3.63, 3.8) is 0 Å². The van der Waals surface area contributed by atoms with Gasteiger partial charge in [0.1, 0.15) is 0 Å². The SMILES string of the molecule is CN1CCC(Oc2cccnc2C(=O)O)C1=O. The zero-order valence-electron chi connectivity index (χ0n) is 9.29. The molecular weight excluding hydrogens is 224 g/mol. The monoisotopic (exact) mass is 236 g/mol. The third-order valence-corrected chi connectivity index (χ3v) is 2.62. The van der Waals surface area contributed by atoms with E-state index in [-0.39, 0.29) is 17.4 Å². The largest absolute Gasteiger partial charge is 0.478 e. The molecule has 6 heteroatoms. The molecule has 0 aromatic carbocycles. The first kappa shape index (κ1) is 11.4. The number of rotatable bonds is 3. The highest BCUT2D eigenvalue weighted by atomic mass is 16.5. The summed E-state index contributed by atoms with van der Waals surface area (Å²) in [5.74, 6) is -1.17. The lowest BCUT2D eigenvalue weighted by Crippen LogP contribution is -2.29. The number of nitrogens with zero attached hydrogens (tertiary/aromatic N) is 2. The summed E-state index contributed by atoms with van der Waals surface area (Å²) in [6.07, 6.45) is 1.32. The van der Waals surface area contributed by atoms with Gasteiger partial charge in [-0.1, -0.05) is 0 Å². The summed E-state index contributed by atoms with van der Waals surface area (Å²) in [5, 5.41) is 8.92. The minimum absolute atomic E-state index is 0.133. The first-order valence-corrected chi connectivity index (χ1v) is 5.19. The minimum atomic E-state index is -1.17. The van der Waals surface area contributed by atoms with Crippen LogP contribution in [0, 0.1) is 0 Å². The Morgan fingerprint density at radius 2 is 2.41 bits per heavy atom. The van der Waals surface area contributed by atoms with Gasteiger partial charge in [-0.05, 0) is 12.1 Å². The molecule has 1 aromatic heterocycles. The van der Waals surface area contributed by atoms with E-state index in [9.17, 15) is 9.59 Å². The number of carboxylic acids is 1. The van der Waals surface area contributed by atoms with Crippen molar-refractivity contribution in [3.8, 4) is 5.75 Å². The molecule has 0 radical (unpaired) electrons. The highest BCUT2D eigenvalue weighted by Crippen LogP contribution is 2.21. The van der Waals surface area contributed by atoms with Crippen molar-refractivity contribution < 1.29 is 19.4 Å². The second kappa shape index (κ2) is 4.40. The van der Waals surface area contributed by atoms with Gasteiger partial charge in [0, 0.05) is 26.2 Å². The van der Waals surface area contributed by atoms with Crippen LogP contribution in [0.2, 0.25) is 0 Å². The quantitative estimate of drug-likeness (QED) is 0.821. The van der Waals surface area contributed by atoms with E-state index in [4.69, 9.17) is 9.84 Å². The molecule has 1 atom stereocenters. The van der Waals surface area contributed by atoms with Crippen molar-refractivity contribution >= 4 is 11.9 Å². The number of amides is 1. The number of pyridine rings is 1. The second-order valence-electron chi connectivity index (χ2n) is 3.81. The minimum Gasteiger partial charge on any atom is -0.478 e. The first-order chi connectivity index (χ1) is 8.09. The Labute approximate surface area is 97.8 Å². The van der Waals surface area contributed by atoms with Crippen LogP contribution in [-0.4, -0.2) is 46.6 Å². The average Bonchev–Trinajstić information content (AvgIpc) is 2.61. The molecule has 17 heavy (non-hydrogen) atoms. The van der Waals surface area contributed by atoms with Gasteiger partial charge in [-0.2, -0.15) is 0 Å². The van der Waals surface area contributed by atoms with Gasteiger partial charge in [-0.15, -0.1) is 0 Å². The molecule has 1 aliphatic heterocycles. The van der Waals surface area contributed by atoms with E-state index in [1.54, 1.807) is 18.0 Å². The van der Waals surface area contributed by atoms with Crippen LogP contribution in [-0.2, 0) is 4.79 Å². The van der Waals surface area contributed by atoms with Gasteiger partial charge < -0.3 is 14.7 Å². The van der Waals surface area contributed by atoms with Gasteiger partial charge in [0.25, 0.3) is 5.91 Å². The molecule has 2 rings (SSSR count). The number of hydrogen-bond donors (Lipinski definition) is 1. The molecule has 1 aliphatic rings. The topological polar surface area (TPSA) is 79.7 Å². The number of aromatic nitrogens is 1. The van der Waals surface area contributed by atoms with E-state index in [0.29, 0.717) is 13.0 Å². The molecule has 1 amide bonds. The van der Waals surface area contributed by atoms with Crippen molar-refractivity contribution in [1.29, 1.82) is 0 Å². The number of hydrogen-bond acceptors (Lipinski definition) is 4. The summed E-state index contributed by atoms with van der Waals surface area (Å²) in [5.41, 5.74) is -0.171. The summed E-state index contributed by atoms with van der Waals surface area (Å²) in [7, 11) is 1.69. The Balaban J connectivity index is 2.19. The summed E-state index contributed by atoms with van der Waals surface area (Å²) in [4.78, 5) is 27.8. The number of carbonyl (C=O) groups is 2. The molecule has 1 saturated heterocycles. The van der Waals surface area contributed by atoms with Crippen LogP contribution in [0.15, 0.2) is 18.3 Å². The fourth-order valence-electron chi connectivity index (χ4n) is 1.70. The van der Waals surface area contributed by atoms with Crippen molar-refractivity contribution in [3.05, 3.63) is 24.0 Å². The van der Waals surface area contributed by atoms with Crippen LogP contribution in [0.3, 0.4) is 0 Å². The molecule has 0 spiro atoms. The second-order valence-corrected chi connectivity index (χ2v) is 3.81. The number of likely N-dealkylation sites (tertiary alicyclic amines) is 1. The summed E-state index contributed by atoms with van der Waals surface area (Å²) in [6.45, 7) is 0.617. The van der Waals surface area contributed by atoms with E-state index >= 15 is 0 Å². The maximum Gasteiger partial charge on any atom is 0.358 e. The zero-order valence-corrected chi connectivity index (χ0v) is 9.29. The molecule has 1 fully saturated rings. The highest BCUT2D eigenvalue weighted by molar-refractivity contribution is 5.89. The summed E-state index contributed by atoms with van der Waals surface area (Å²) in [6, 6.07) is 3.08. The average molecular weight is 236 g/mol. The normalized spacial score (nSPS) is 19.5. The van der Waals surface area contributed by atoms with Crippen molar-refractivity contribution in [2.45, 2.75) is 12.5 Å². The van der Waals surface area contributed by atoms with E-state index < -0.39 is 12.1 Å². The molecule has 1 unspecified atom stereocenters. The molecule has 6 nitrogen and oxygen atoms in total. The molecule has 1 N–H and O–H groups in total. The number of likely N-dealkylation sites (N-methyl/N-ethyl adjacent to an activating group) is 1. The van der Waals surface area contributed by atoms with Gasteiger partial charge >= 0.3 is 5.97 Å². The highest BCUT2D eigenvalue weighted by Gasteiger charge is 2.31. The predicted molar refractivity (Wildman–Crippen MR) is 57.9 cm³/mol. The number of aromatic carboxylic acids is 1. The lowest BCUT2D eigenvalue weighted by atomic mass is 10.3. The fourth-order valence-corrected chi connectivity index (χ4v) is 1.70. The standard InChI is InChI=1S/C11H12N2O4/c1-13-6-4-8(10(13)14)17-7-3-2-5-12-9(7)11(15)16/h2-3,5,8H,4,6H2,1H3,(H,15,16). The molecule has 2 heterocycles. The van der Waals surface area contributed by atoms with Crippen molar-refractivity contribution in [2.75, 3.05) is 13.6 Å². The summed E-state index contributed by atoms with van der Waals surface area (Å²) < 4.78 is 5.42. The first-order valence-electron chi connectivity index (χ1n) is 5.19. The maximum absolute atomic E-state index is 11.6. The van der Waals surface area contributed by atoms with Gasteiger partial charge in [-0.3, -0.25) is 4.79 Å².